The molecule has 20 heavy (non-hydrogen) atoms. The van der Waals surface area contributed by atoms with Gasteiger partial charge in [-0.15, -0.1) is 11.6 Å². The van der Waals surface area contributed by atoms with E-state index in [1.165, 1.54) is 7.11 Å². The standard InChI is InChI=1S/C15H18ClNO3/c1-9-8-12(15(19)20-3)11-6-4-5-7-13(11)17(9)14(18)10(2)16/h4-7,9-10,12H,8H2,1-3H3. The van der Waals surface area contributed by atoms with Gasteiger partial charge in [0.15, 0.2) is 0 Å². The predicted molar refractivity (Wildman–Crippen MR) is 78.1 cm³/mol. The second-order valence-electron chi connectivity index (χ2n) is 5.04. The highest BCUT2D eigenvalue weighted by Crippen LogP contribution is 2.39. The Kier molecular flexibility index (Phi) is 4.33. The van der Waals surface area contributed by atoms with Crippen LogP contribution in [0, 0.1) is 0 Å². The fourth-order valence-electron chi connectivity index (χ4n) is 2.71. The van der Waals surface area contributed by atoms with Crippen LogP contribution in [-0.4, -0.2) is 30.4 Å². The average molecular weight is 296 g/mol. The van der Waals surface area contributed by atoms with Gasteiger partial charge in [-0.25, -0.2) is 0 Å². The summed E-state index contributed by atoms with van der Waals surface area (Å²) in [6.45, 7) is 3.58. The van der Waals surface area contributed by atoms with Crippen molar-refractivity contribution < 1.29 is 14.3 Å². The molecule has 0 aromatic heterocycles. The lowest BCUT2D eigenvalue weighted by Gasteiger charge is -2.38. The quantitative estimate of drug-likeness (QED) is 0.622. The van der Waals surface area contributed by atoms with Gasteiger partial charge >= 0.3 is 5.97 Å². The summed E-state index contributed by atoms with van der Waals surface area (Å²) in [5.41, 5.74) is 1.57. The summed E-state index contributed by atoms with van der Waals surface area (Å²) in [6, 6.07) is 7.32. The first kappa shape index (κ1) is 14.9. The summed E-state index contributed by atoms with van der Waals surface area (Å²) in [5.74, 6) is -0.744. The molecular weight excluding hydrogens is 278 g/mol. The highest BCUT2D eigenvalue weighted by atomic mass is 35.5. The molecule has 2 rings (SSSR count). The molecule has 5 heteroatoms. The SMILES string of the molecule is COC(=O)C1CC(C)N(C(=O)C(C)Cl)c2ccccc21. The lowest BCUT2D eigenvalue weighted by atomic mass is 9.86. The zero-order valence-corrected chi connectivity index (χ0v) is 12.6. The van der Waals surface area contributed by atoms with E-state index < -0.39 is 5.38 Å². The number of alkyl halides is 1. The van der Waals surface area contributed by atoms with Gasteiger partial charge in [0.25, 0.3) is 0 Å². The lowest BCUT2D eigenvalue weighted by Crippen LogP contribution is -2.47. The minimum Gasteiger partial charge on any atom is -0.469 e. The van der Waals surface area contributed by atoms with Gasteiger partial charge in [-0.2, -0.15) is 0 Å². The number of carbonyl (C=O) groups is 2. The van der Waals surface area contributed by atoms with E-state index in [0.29, 0.717) is 6.42 Å². The van der Waals surface area contributed by atoms with Crippen molar-refractivity contribution in [2.45, 2.75) is 37.6 Å². The minimum atomic E-state index is -0.597. The second kappa shape index (κ2) is 5.83. The largest absolute Gasteiger partial charge is 0.469 e. The molecule has 0 bridgehead atoms. The number of anilines is 1. The van der Waals surface area contributed by atoms with Crippen molar-refractivity contribution in [3.63, 3.8) is 0 Å². The fourth-order valence-corrected chi connectivity index (χ4v) is 2.81. The Morgan fingerprint density at radius 2 is 2.05 bits per heavy atom. The summed E-state index contributed by atoms with van der Waals surface area (Å²) >= 11 is 5.94. The maximum Gasteiger partial charge on any atom is 0.313 e. The monoisotopic (exact) mass is 295 g/mol. The molecule has 0 spiro atoms. The summed E-state index contributed by atoms with van der Waals surface area (Å²) < 4.78 is 4.87. The van der Waals surface area contributed by atoms with E-state index in [1.807, 2.05) is 31.2 Å². The van der Waals surface area contributed by atoms with Crippen LogP contribution in [0.4, 0.5) is 5.69 Å². The summed E-state index contributed by atoms with van der Waals surface area (Å²) in [5, 5.41) is -0.597. The molecule has 0 N–H and O–H groups in total. The zero-order valence-electron chi connectivity index (χ0n) is 11.8. The van der Waals surface area contributed by atoms with Crippen LogP contribution in [0.5, 0.6) is 0 Å². The Balaban J connectivity index is 2.48. The van der Waals surface area contributed by atoms with Gasteiger partial charge in [0.05, 0.1) is 13.0 Å². The molecule has 3 atom stereocenters. The third kappa shape index (κ3) is 2.52. The first-order valence-electron chi connectivity index (χ1n) is 6.61. The van der Waals surface area contributed by atoms with E-state index in [4.69, 9.17) is 16.3 Å². The summed E-state index contributed by atoms with van der Waals surface area (Å²) in [6.07, 6.45) is 0.541. The molecule has 0 radical (unpaired) electrons. The van der Waals surface area contributed by atoms with Crippen molar-refractivity contribution in [1.29, 1.82) is 0 Å². The zero-order chi connectivity index (χ0) is 14.9. The number of fused-ring (bicyclic) bond motifs is 1. The van der Waals surface area contributed by atoms with Crippen LogP contribution in [0.25, 0.3) is 0 Å². The summed E-state index contributed by atoms with van der Waals surface area (Å²) in [7, 11) is 1.38. The van der Waals surface area contributed by atoms with Crippen molar-refractivity contribution in [3.05, 3.63) is 29.8 Å². The third-order valence-corrected chi connectivity index (χ3v) is 3.84. The van der Waals surface area contributed by atoms with Gasteiger partial charge in [0.2, 0.25) is 5.91 Å². The molecular formula is C15H18ClNO3. The van der Waals surface area contributed by atoms with Crippen molar-refractivity contribution in [3.8, 4) is 0 Å². The maximum absolute atomic E-state index is 12.3. The number of ether oxygens (including phenoxy) is 1. The number of nitrogens with zero attached hydrogens (tertiary/aromatic N) is 1. The van der Waals surface area contributed by atoms with E-state index in [9.17, 15) is 9.59 Å². The predicted octanol–water partition coefficient (Wildman–Crippen LogP) is 2.70. The smallest absolute Gasteiger partial charge is 0.313 e. The number of methoxy groups -OCH3 is 1. The topological polar surface area (TPSA) is 46.6 Å². The highest BCUT2D eigenvalue weighted by molar-refractivity contribution is 6.32. The van der Waals surface area contributed by atoms with Crippen LogP contribution >= 0.6 is 11.6 Å². The number of hydrogen-bond donors (Lipinski definition) is 0. The fraction of sp³-hybridized carbons (Fsp3) is 0.467. The molecule has 0 saturated carbocycles. The van der Waals surface area contributed by atoms with E-state index in [-0.39, 0.29) is 23.8 Å². The normalized spacial score (nSPS) is 22.9. The number of amides is 1. The molecule has 1 heterocycles. The van der Waals surface area contributed by atoms with Gasteiger partial charge in [-0.05, 0) is 31.9 Å². The Morgan fingerprint density at radius 1 is 1.40 bits per heavy atom. The Bertz CT molecular complexity index is 530. The van der Waals surface area contributed by atoms with Crippen LogP contribution < -0.4 is 4.90 Å². The van der Waals surface area contributed by atoms with Crippen molar-refractivity contribution in [2.75, 3.05) is 12.0 Å². The number of esters is 1. The van der Waals surface area contributed by atoms with Gasteiger partial charge in [-0.1, -0.05) is 18.2 Å². The van der Waals surface area contributed by atoms with Crippen LogP contribution in [0.3, 0.4) is 0 Å². The molecule has 1 amide bonds. The molecule has 1 aliphatic rings. The molecule has 4 nitrogen and oxygen atoms in total. The Hall–Kier alpha value is -1.55. The van der Waals surface area contributed by atoms with Crippen LogP contribution in [0.15, 0.2) is 24.3 Å². The molecule has 3 unspecified atom stereocenters. The molecule has 0 fully saturated rings. The maximum atomic E-state index is 12.3. The van der Waals surface area contributed by atoms with Crippen LogP contribution in [0.1, 0.15) is 31.7 Å². The first-order valence-corrected chi connectivity index (χ1v) is 7.05. The molecule has 1 aromatic rings. The number of carbonyl (C=O) groups excluding carboxylic acids is 2. The lowest BCUT2D eigenvalue weighted by molar-refractivity contribution is -0.143. The van der Waals surface area contributed by atoms with Gasteiger partial charge in [-0.3, -0.25) is 9.59 Å². The number of hydrogen-bond acceptors (Lipinski definition) is 3. The van der Waals surface area contributed by atoms with E-state index in [0.717, 1.165) is 11.3 Å². The first-order chi connectivity index (χ1) is 9.47. The van der Waals surface area contributed by atoms with Crippen molar-refractivity contribution in [1.82, 2.24) is 0 Å². The van der Waals surface area contributed by atoms with Crippen LogP contribution in [-0.2, 0) is 14.3 Å². The Labute approximate surface area is 123 Å². The minimum absolute atomic E-state index is 0.0947. The van der Waals surface area contributed by atoms with E-state index >= 15 is 0 Å². The number of benzene rings is 1. The van der Waals surface area contributed by atoms with Gasteiger partial charge < -0.3 is 9.64 Å². The van der Waals surface area contributed by atoms with Gasteiger partial charge in [0.1, 0.15) is 5.38 Å². The second-order valence-corrected chi connectivity index (χ2v) is 5.70. The molecule has 0 saturated heterocycles. The van der Waals surface area contributed by atoms with Crippen molar-refractivity contribution in [2.24, 2.45) is 0 Å². The number of halogens is 1. The molecule has 1 aromatic carbocycles. The molecule has 108 valence electrons. The van der Waals surface area contributed by atoms with E-state index in [1.54, 1.807) is 11.8 Å². The molecule has 1 aliphatic heterocycles. The number of para-hydroxylation sites is 1. The van der Waals surface area contributed by atoms with Crippen molar-refractivity contribution >= 4 is 29.2 Å². The van der Waals surface area contributed by atoms with E-state index in [2.05, 4.69) is 0 Å². The van der Waals surface area contributed by atoms with Crippen LogP contribution in [0.2, 0.25) is 0 Å². The van der Waals surface area contributed by atoms with Gasteiger partial charge in [0, 0.05) is 11.7 Å². The summed E-state index contributed by atoms with van der Waals surface area (Å²) in [4.78, 5) is 25.9. The highest BCUT2D eigenvalue weighted by Gasteiger charge is 2.38. The average Bonchev–Trinajstić information content (AvgIpc) is 2.44. The number of rotatable bonds is 2. The Morgan fingerprint density at radius 3 is 2.65 bits per heavy atom. The molecule has 0 aliphatic carbocycles. The third-order valence-electron chi connectivity index (χ3n) is 3.65.